The van der Waals surface area contributed by atoms with E-state index in [1.807, 2.05) is 4.90 Å². The van der Waals surface area contributed by atoms with E-state index in [-0.39, 0.29) is 18.3 Å². The summed E-state index contributed by atoms with van der Waals surface area (Å²) >= 11 is 0. The zero-order valence-electron chi connectivity index (χ0n) is 19.7. The average molecular weight is 489 g/mol. The van der Waals surface area contributed by atoms with Crippen LogP contribution in [0.5, 0.6) is 5.75 Å². The molecule has 1 fully saturated rings. The van der Waals surface area contributed by atoms with Crippen molar-refractivity contribution < 1.29 is 13.9 Å². The number of piperazine rings is 1. The Kier molecular flexibility index (Phi) is 6.28. The molecule has 5 rings (SSSR count). The fourth-order valence-corrected chi connectivity index (χ4v) is 4.49. The lowest BCUT2D eigenvalue weighted by Gasteiger charge is -2.36. The number of fused-ring (bicyclic) bond motifs is 1. The van der Waals surface area contributed by atoms with Crippen LogP contribution in [0.3, 0.4) is 0 Å². The van der Waals surface area contributed by atoms with Gasteiger partial charge in [-0.05, 0) is 48.0 Å². The van der Waals surface area contributed by atoms with Crippen molar-refractivity contribution in [2.45, 2.75) is 6.54 Å². The second-order valence-electron chi connectivity index (χ2n) is 8.66. The van der Waals surface area contributed by atoms with Gasteiger partial charge >= 0.3 is 5.69 Å². The van der Waals surface area contributed by atoms with Crippen molar-refractivity contribution in [3.8, 4) is 5.75 Å². The summed E-state index contributed by atoms with van der Waals surface area (Å²) in [7, 11) is 1.57. The summed E-state index contributed by atoms with van der Waals surface area (Å²) in [5.41, 5.74) is 1.02. The minimum absolute atomic E-state index is 0.112. The number of hydrogen-bond donors (Lipinski definition) is 1. The first-order valence-electron chi connectivity index (χ1n) is 11.6. The van der Waals surface area contributed by atoms with Gasteiger partial charge in [-0.15, -0.1) is 0 Å². The van der Waals surface area contributed by atoms with Gasteiger partial charge in [0, 0.05) is 31.7 Å². The molecule has 1 N–H and O–H groups in total. The molecule has 0 radical (unpaired) electrons. The van der Waals surface area contributed by atoms with E-state index in [9.17, 15) is 18.8 Å². The maximum Gasteiger partial charge on any atom is 0.329 e. The molecule has 2 heterocycles. The van der Waals surface area contributed by atoms with Crippen LogP contribution in [-0.2, 0) is 6.54 Å². The smallest absolute Gasteiger partial charge is 0.329 e. The summed E-state index contributed by atoms with van der Waals surface area (Å²) in [6.07, 6.45) is 0. The molecule has 0 saturated carbocycles. The molecule has 0 aliphatic carbocycles. The number of halogens is 1. The Labute approximate surface area is 206 Å². The van der Waals surface area contributed by atoms with Gasteiger partial charge in [-0.3, -0.25) is 14.2 Å². The highest BCUT2D eigenvalue weighted by Gasteiger charge is 2.24. The van der Waals surface area contributed by atoms with Crippen LogP contribution in [-0.4, -0.2) is 53.6 Å². The third-order valence-corrected chi connectivity index (χ3v) is 6.49. The summed E-state index contributed by atoms with van der Waals surface area (Å²) in [5.74, 6) is 0.200. The third kappa shape index (κ3) is 4.47. The number of rotatable bonds is 5. The van der Waals surface area contributed by atoms with Crippen LogP contribution in [0.25, 0.3) is 10.9 Å². The Morgan fingerprint density at radius 2 is 1.69 bits per heavy atom. The number of carbonyl (C=O) groups excluding carboxylic acids is 1. The summed E-state index contributed by atoms with van der Waals surface area (Å²) < 4.78 is 20.4. The van der Waals surface area contributed by atoms with E-state index in [1.54, 1.807) is 72.7 Å². The van der Waals surface area contributed by atoms with Gasteiger partial charge in [-0.25, -0.2) is 9.18 Å². The Hall–Kier alpha value is -4.40. The minimum Gasteiger partial charge on any atom is -0.497 e. The molecule has 0 spiro atoms. The number of nitrogens with one attached hydrogen (secondary N) is 1. The van der Waals surface area contributed by atoms with E-state index in [0.717, 1.165) is 10.1 Å². The number of methoxy groups -OCH3 is 1. The number of hydrogen-bond acceptors (Lipinski definition) is 5. The van der Waals surface area contributed by atoms with Crippen LogP contribution in [0.1, 0.15) is 15.9 Å². The highest BCUT2D eigenvalue weighted by Crippen LogP contribution is 2.21. The standard InChI is InChI=1S/C27H25FN4O4/c1-36-20-9-6-18(7-10-20)17-32-26(34)21-11-8-19(16-23(21)29-27(32)35)25(33)31-14-12-30(13-15-31)24-5-3-2-4-22(24)28/h2-11,16H,12-15,17H2,1H3,(H,29,35). The Balaban J connectivity index is 1.34. The summed E-state index contributed by atoms with van der Waals surface area (Å²) in [5, 5.41) is 0.323. The molecule has 1 aromatic heterocycles. The monoisotopic (exact) mass is 488 g/mol. The molecule has 1 aliphatic heterocycles. The van der Waals surface area contributed by atoms with E-state index < -0.39 is 11.2 Å². The Morgan fingerprint density at radius 3 is 2.39 bits per heavy atom. The quantitative estimate of drug-likeness (QED) is 0.467. The predicted octanol–water partition coefficient (Wildman–Crippen LogP) is 2.85. The Bertz CT molecular complexity index is 1540. The van der Waals surface area contributed by atoms with E-state index in [2.05, 4.69) is 4.98 Å². The molecule has 1 aliphatic rings. The van der Waals surface area contributed by atoms with Gasteiger partial charge in [0.1, 0.15) is 11.6 Å². The number of para-hydroxylation sites is 1. The van der Waals surface area contributed by atoms with Gasteiger partial charge in [-0.1, -0.05) is 24.3 Å². The number of ether oxygens (including phenoxy) is 1. The van der Waals surface area contributed by atoms with Gasteiger partial charge in [0.15, 0.2) is 0 Å². The van der Waals surface area contributed by atoms with Crippen molar-refractivity contribution in [3.63, 3.8) is 0 Å². The van der Waals surface area contributed by atoms with Gasteiger partial charge in [0.2, 0.25) is 0 Å². The van der Waals surface area contributed by atoms with Crippen LogP contribution < -0.4 is 20.9 Å². The number of aromatic nitrogens is 2. The molecule has 0 bridgehead atoms. The lowest BCUT2D eigenvalue weighted by atomic mass is 10.1. The molecule has 1 amide bonds. The van der Waals surface area contributed by atoms with Gasteiger partial charge < -0.3 is 19.5 Å². The normalized spacial score (nSPS) is 13.7. The first kappa shape index (κ1) is 23.3. The van der Waals surface area contributed by atoms with Gasteiger partial charge in [0.05, 0.1) is 30.2 Å². The lowest BCUT2D eigenvalue weighted by Crippen LogP contribution is -2.49. The highest BCUT2D eigenvalue weighted by molar-refractivity contribution is 5.97. The highest BCUT2D eigenvalue weighted by atomic mass is 19.1. The molecule has 0 atom stereocenters. The fourth-order valence-electron chi connectivity index (χ4n) is 4.49. The molecule has 9 heteroatoms. The van der Waals surface area contributed by atoms with Gasteiger partial charge in [0.25, 0.3) is 11.5 Å². The Morgan fingerprint density at radius 1 is 0.972 bits per heavy atom. The minimum atomic E-state index is -0.550. The van der Waals surface area contributed by atoms with Crippen molar-refractivity contribution in [1.29, 1.82) is 0 Å². The van der Waals surface area contributed by atoms with E-state index in [0.29, 0.717) is 54.1 Å². The van der Waals surface area contributed by atoms with Crippen LogP contribution in [0.4, 0.5) is 10.1 Å². The maximum absolute atomic E-state index is 14.1. The van der Waals surface area contributed by atoms with E-state index >= 15 is 0 Å². The zero-order chi connectivity index (χ0) is 25.2. The van der Waals surface area contributed by atoms with E-state index in [1.165, 1.54) is 6.07 Å². The summed E-state index contributed by atoms with van der Waals surface area (Å²) in [4.78, 5) is 45.2. The SMILES string of the molecule is COc1ccc(Cn2c(=O)[nH]c3cc(C(=O)N4CCN(c5ccccc5F)CC4)ccc3c2=O)cc1. The van der Waals surface area contributed by atoms with E-state index in [4.69, 9.17) is 4.74 Å². The zero-order valence-corrected chi connectivity index (χ0v) is 19.7. The van der Waals surface area contributed by atoms with Crippen molar-refractivity contribution in [3.05, 3.63) is 105 Å². The number of carbonyl (C=O) groups is 1. The van der Waals surface area contributed by atoms with Crippen LogP contribution >= 0.6 is 0 Å². The molecule has 3 aromatic carbocycles. The van der Waals surface area contributed by atoms with Crippen LogP contribution in [0, 0.1) is 5.82 Å². The number of anilines is 1. The van der Waals surface area contributed by atoms with Crippen LogP contribution in [0.15, 0.2) is 76.3 Å². The molecule has 1 saturated heterocycles. The molecular weight excluding hydrogens is 463 g/mol. The second-order valence-corrected chi connectivity index (χ2v) is 8.66. The number of benzene rings is 3. The third-order valence-electron chi connectivity index (χ3n) is 6.49. The fraction of sp³-hybridized carbons (Fsp3) is 0.222. The van der Waals surface area contributed by atoms with Gasteiger partial charge in [-0.2, -0.15) is 0 Å². The number of aromatic amines is 1. The predicted molar refractivity (Wildman–Crippen MR) is 135 cm³/mol. The second kappa shape index (κ2) is 9.69. The maximum atomic E-state index is 14.1. The van der Waals surface area contributed by atoms with Crippen molar-refractivity contribution in [2.75, 3.05) is 38.2 Å². The molecule has 36 heavy (non-hydrogen) atoms. The summed E-state index contributed by atoms with van der Waals surface area (Å²) in [6, 6.07) is 18.4. The molecule has 0 unspecified atom stereocenters. The van der Waals surface area contributed by atoms with Crippen LogP contribution in [0.2, 0.25) is 0 Å². The molecule has 4 aromatic rings. The number of H-pyrrole nitrogens is 1. The first-order chi connectivity index (χ1) is 17.4. The lowest BCUT2D eigenvalue weighted by molar-refractivity contribution is 0.0747. The average Bonchev–Trinajstić information content (AvgIpc) is 2.91. The van der Waals surface area contributed by atoms with Crippen molar-refractivity contribution in [2.24, 2.45) is 0 Å². The molecular formula is C27H25FN4O4. The summed E-state index contributed by atoms with van der Waals surface area (Å²) in [6.45, 7) is 2.00. The number of amides is 1. The molecule has 8 nitrogen and oxygen atoms in total. The molecule has 184 valence electrons. The van der Waals surface area contributed by atoms with Crippen molar-refractivity contribution in [1.82, 2.24) is 14.5 Å². The first-order valence-corrected chi connectivity index (χ1v) is 11.6. The topological polar surface area (TPSA) is 87.6 Å². The largest absolute Gasteiger partial charge is 0.497 e. The number of nitrogens with zero attached hydrogens (tertiary/aromatic N) is 3. The van der Waals surface area contributed by atoms with Crippen molar-refractivity contribution >= 4 is 22.5 Å².